The predicted molar refractivity (Wildman–Crippen MR) is 133 cm³/mol. The number of ether oxygens (including phenoxy) is 2. The predicted octanol–water partition coefficient (Wildman–Crippen LogP) is 1.53. The number of aliphatic hydroxyl groups is 1. The Labute approximate surface area is 208 Å². The highest BCUT2D eigenvalue weighted by atomic mass is 32.4. The zero-order valence-corrected chi connectivity index (χ0v) is 22.4. The molecule has 3 rings (SSSR count). The minimum atomic E-state index is -2.20. The normalized spacial score (nSPS) is 26.6. The lowest BCUT2D eigenvalue weighted by Crippen LogP contribution is -2.40. The molecule has 2 aromatic heterocycles. The van der Waals surface area contributed by atoms with Crippen LogP contribution in [-0.2, 0) is 30.6 Å². The Morgan fingerprint density at radius 2 is 2.17 bits per heavy atom. The highest BCUT2D eigenvalue weighted by molar-refractivity contribution is 8.02. The summed E-state index contributed by atoms with van der Waals surface area (Å²) in [4.78, 5) is 24.6. The van der Waals surface area contributed by atoms with E-state index in [1.54, 1.807) is 14.0 Å². The molecule has 1 aliphatic heterocycles. The van der Waals surface area contributed by atoms with Gasteiger partial charge in [-0.1, -0.05) is 32.6 Å². The fourth-order valence-electron chi connectivity index (χ4n) is 3.48. The van der Waals surface area contributed by atoms with Crippen LogP contribution in [0.5, 0.6) is 0 Å². The number of nitrogen functional groups attached to an aromatic ring is 1. The molecule has 1 unspecified atom stereocenters. The lowest BCUT2D eigenvalue weighted by molar-refractivity contribution is -0.147. The first kappa shape index (κ1) is 27.6. The number of aromatic nitrogens is 4. The van der Waals surface area contributed by atoms with Gasteiger partial charge < -0.3 is 30.2 Å². The molecule has 1 fully saturated rings. The summed E-state index contributed by atoms with van der Waals surface area (Å²) in [6.45, 7) is 8.80. The Balaban J connectivity index is 1.65. The van der Waals surface area contributed by atoms with E-state index in [1.807, 2.05) is 20.8 Å². The molecule has 0 aliphatic carbocycles. The lowest BCUT2D eigenvalue weighted by atomic mass is 9.98. The number of imidazole rings is 1. The summed E-state index contributed by atoms with van der Waals surface area (Å²) in [5.74, 6) is -0.0921. The zero-order valence-electron chi connectivity index (χ0n) is 20.5. The van der Waals surface area contributed by atoms with Gasteiger partial charge in [0.2, 0.25) is 5.95 Å². The molecule has 0 bridgehead atoms. The summed E-state index contributed by atoms with van der Waals surface area (Å²) in [6.07, 6.45) is -2.45. The third-order valence-corrected chi connectivity index (χ3v) is 7.16. The van der Waals surface area contributed by atoms with Crippen molar-refractivity contribution in [1.29, 1.82) is 0 Å². The van der Waals surface area contributed by atoms with Gasteiger partial charge in [0.15, 0.2) is 28.9 Å². The van der Waals surface area contributed by atoms with Crippen LogP contribution in [0.4, 0.5) is 16.2 Å². The summed E-state index contributed by atoms with van der Waals surface area (Å²) in [5.41, 5.74) is 4.04. The average molecular weight is 534 g/mol. The van der Waals surface area contributed by atoms with Crippen molar-refractivity contribution in [3.8, 4) is 0 Å². The number of esters is 1. The maximum Gasteiger partial charge on any atom is 0.323 e. The molecule has 0 saturated carbocycles. The fraction of sp³-hybridized carbons (Fsp3) is 0.700. The van der Waals surface area contributed by atoms with Crippen LogP contribution in [0.2, 0.25) is 0 Å². The molecule has 2 aromatic rings. The van der Waals surface area contributed by atoms with Gasteiger partial charge in [-0.25, -0.2) is 9.37 Å². The standard InChI is InChI=1S/C20H33FN7O5PS/c1-10(16(30)31-8-19(2,3)4)27-34(35)32-7-11-13(29)20(5,21)17(33-11)28-9-24-12-14(23-6)25-18(22)26-15(12)28/h9-11,13,17,29,34H,7-8H2,1-6H3,(H,27,35)(H3,22,23,25,26)/t10-,11-,13-,17-,20-/m1/s1. The smallest absolute Gasteiger partial charge is 0.323 e. The van der Waals surface area contributed by atoms with E-state index in [4.69, 9.17) is 31.5 Å². The quantitative estimate of drug-likeness (QED) is 0.272. The number of nitrogens with two attached hydrogens (primary N) is 1. The number of hydrogen-bond donors (Lipinski definition) is 4. The van der Waals surface area contributed by atoms with E-state index in [0.29, 0.717) is 11.3 Å². The number of alkyl halides is 1. The number of carbonyl (C=O) groups is 1. The second-order valence-electron chi connectivity index (χ2n) is 9.76. The van der Waals surface area contributed by atoms with Crippen LogP contribution in [0.3, 0.4) is 0 Å². The number of aliphatic hydroxyl groups excluding tert-OH is 1. The SMILES string of the molecule is CNc1nc(N)nc2c1ncn2[C@@H]1O[C@H](CO[PH](=S)N[C@H](C)C(=O)OCC(C)(C)C)[C@@H](O)[C@@]1(C)F. The first-order valence-electron chi connectivity index (χ1n) is 11.0. The van der Waals surface area contributed by atoms with Crippen molar-refractivity contribution in [1.82, 2.24) is 24.6 Å². The van der Waals surface area contributed by atoms with Crippen molar-refractivity contribution in [2.45, 2.75) is 64.8 Å². The van der Waals surface area contributed by atoms with Crippen LogP contribution in [0.25, 0.3) is 11.2 Å². The molecular weight excluding hydrogens is 500 g/mol. The van der Waals surface area contributed by atoms with Crippen molar-refractivity contribution in [3.05, 3.63) is 6.33 Å². The summed E-state index contributed by atoms with van der Waals surface area (Å²) < 4.78 is 33.8. The largest absolute Gasteiger partial charge is 0.464 e. The maximum atomic E-state index is 15.7. The second-order valence-corrected chi connectivity index (χ2v) is 12.0. The van der Waals surface area contributed by atoms with Crippen LogP contribution in [0, 0.1) is 5.41 Å². The highest BCUT2D eigenvalue weighted by Crippen LogP contribution is 2.43. The lowest BCUT2D eigenvalue weighted by Gasteiger charge is -2.24. The van der Waals surface area contributed by atoms with E-state index >= 15 is 4.39 Å². The topological polar surface area (TPSA) is 159 Å². The van der Waals surface area contributed by atoms with E-state index in [9.17, 15) is 9.90 Å². The number of rotatable bonds is 9. The number of fused-ring (bicyclic) bond motifs is 1. The summed E-state index contributed by atoms with van der Waals surface area (Å²) in [7, 11) is -0.450. The maximum absolute atomic E-state index is 15.7. The number of anilines is 2. The van der Waals surface area contributed by atoms with Crippen molar-refractivity contribution in [2.75, 3.05) is 31.3 Å². The van der Waals surface area contributed by atoms with Crippen LogP contribution in [0.15, 0.2) is 6.33 Å². The Morgan fingerprint density at radius 1 is 1.49 bits per heavy atom. The molecular formula is C20H33FN7O5PS. The third-order valence-electron chi connectivity index (χ3n) is 5.36. The summed E-state index contributed by atoms with van der Waals surface area (Å²) >= 11 is 5.31. The molecule has 196 valence electrons. The van der Waals surface area contributed by atoms with E-state index in [1.165, 1.54) is 17.8 Å². The number of hydrogen-bond acceptors (Lipinski definition) is 11. The number of nitrogens with zero attached hydrogens (tertiary/aromatic N) is 4. The molecule has 0 aromatic carbocycles. The van der Waals surface area contributed by atoms with Gasteiger partial charge in [-0.3, -0.25) is 14.4 Å². The van der Waals surface area contributed by atoms with Crippen molar-refractivity contribution < 1.29 is 28.3 Å². The fourth-order valence-corrected chi connectivity index (χ4v) is 5.08. The Morgan fingerprint density at radius 3 is 2.80 bits per heavy atom. The Kier molecular flexibility index (Phi) is 8.34. The molecule has 3 heterocycles. The van der Waals surface area contributed by atoms with E-state index in [-0.39, 0.29) is 30.2 Å². The van der Waals surface area contributed by atoms with E-state index in [2.05, 4.69) is 25.4 Å². The monoisotopic (exact) mass is 533 g/mol. The van der Waals surface area contributed by atoms with Crippen LogP contribution >= 0.6 is 7.07 Å². The first-order chi connectivity index (χ1) is 16.2. The molecule has 0 amide bonds. The average Bonchev–Trinajstić information content (AvgIpc) is 3.27. The molecule has 35 heavy (non-hydrogen) atoms. The van der Waals surface area contributed by atoms with E-state index < -0.39 is 43.2 Å². The number of carbonyl (C=O) groups excluding carboxylic acids is 1. The van der Waals surface area contributed by atoms with Gasteiger partial charge in [0, 0.05) is 7.05 Å². The molecule has 1 aliphatic rings. The number of halogens is 1. The molecule has 1 saturated heterocycles. The van der Waals surface area contributed by atoms with E-state index in [0.717, 1.165) is 0 Å². The molecule has 5 N–H and O–H groups in total. The van der Waals surface area contributed by atoms with Gasteiger partial charge in [0.05, 0.1) is 19.5 Å². The number of nitrogens with one attached hydrogen (secondary N) is 2. The molecule has 0 radical (unpaired) electrons. The van der Waals surface area contributed by atoms with Crippen molar-refractivity contribution in [3.63, 3.8) is 0 Å². The van der Waals surface area contributed by atoms with Gasteiger partial charge >= 0.3 is 5.97 Å². The van der Waals surface area contributed by atoms with Gasteiger partial charge in [0.1, 0.15) is 25.3 Å². The third kappa shape index (κ3) is 6.25. The first-order valence-corrected chi connectivity index (χ1v) is 13.6. The van der Waals surface area contributed by atoms with Gasteiger partial charge in [-0.2, -0.15) is 9.97 Å². The van der Waals surface area contributed by atoms with Crippen LogP contribution in [-0.4, -0.2) is 74.8 Å². The van der Waals surface area contributed by atoms with Crippen molar-refractivity contribution in [2.24, 2.45) is 5.41 Å². The van der Waals surface area contributed by atoms with Crippen LogP contribution < -0.4 is 16.1 Å². The zero-order chi connectivity index (χ0) is 26.1. The Bertz CT molecular complexity index is 1100. The molecule has 12 nitrogen and oxygen atoms in total. The van der Waals surface area contributed by atoms with Gasteiger partial charge in [0.25, 0.3) is 0 Å². The molecule has 6 atom stereocenters. The summed E-state index contributed by atoms with van der Waals surface area (Å²) in [6, 6.07) is -0.679. The minimum Gasteiger partial charge on any atom is -0.464 e. The second kappa shape index (κ2) is 10.6. The highest BCUT2D eigenvalue weighted by Gasteiger charge is 2.55. The van der Waals surface area contributed by atoms with Crippen LogP contribution in [0.1, 0.15) is 40.8 Å². The molecule has 0 spiro atoms. The van der Waals surface area contributed by atoms with Gasteiger partial charge in [-0.05, 0) is 19.3 Å². The summed E-state index contributed by atoms with van der Waals surface area (Å²) in [5, 5.41) is 16.4. The van der Waals surface area contributed by atoms with Gasteiger partial charge in [-0.15, -0.1) is 0 Å². The Hall–Kier alpha value is -1.96. The van der Waals surface area contributed by atoms with Crippen molar-refractivity contribution >= 4 is 47.8 Å². The molecule has 15 heteroatoms. The minimum absolute atomic E-state index is 0.0258.